The van der Waals surface area contributed by atoms with E-state index in [4.69, 9.17) is 18.5 Å². The normalized spacial score (nSPS) is 21.9. The Bertz CT molecular complexity index is 1050. The van der Waals surface area contributed by atoms with Gasteiger partial charge in [-0.15, -0.1) is 0 Å². The van der Waals surface area contributed by atoms with E-state index in [1.54, 1.807) is 34.6 Å². The fourth-order valence-electron chi connectivity index (χ4n) is 3.86. The van der Waals surface area contributed by atoms with Crippen molar-refractivity contribution in [1.82, 2.24) is 5.32 Å². The molecule has 0 aromatic heterocycles. The third-order valence-electron chi connectivity index (χ3n) is 5.72. The second-order valence-corrected chi connectivity index (χ2v) is 14.5. The number of hydrogen-bond acceptors (Lipinski definition) is 9. The van der Waals surface area contributed by atoms with Crippen LogP contribution in [-0.2, 0) is 43.9 Å². The molecule has 0 radical (unpaired) electrons. The topological polar surface area (TPSA) is 126 Å². The summed E-state index contributed by atoms with van der Waals surface area (Å²) < 4.78 is 41.4. The van der Waals surface area contributed by atoms with E-state index in [1.165, 1.54) is 7.11 Å². The van der Waals surface area contributed by atoms with Crippen LogP contribution in [0.2, 0.25) is 0 Å². The first-order chi connectivity index (χ1) is 17.8. The lowest BCUT2D eigenvalue weighted by atomic mass is 9.87. The quantitative estimate of drug-likeness (QED) is 0.316. The van der Waals surface area contributed by atoms with E-state index in [0.29, 0.717) is 5.75 Å². The Morgan fingerprint density at radius 1 is 1.08 bits per heavy atom. The van der Waals surface area contributed by atoms with Crippen LogP contribution < -0.4 is 10.1 Å². The molecule has 1 aliphatic rings. The zero-order chi connectivity index (χ0) is 29.6. The summed E-state index contributed by atoms with van der Waals surface area (Å²) in [6, 6.07) is 7.33. The van der Waals surface area contributed by atoms with Gasteiger partial charge < -0.3 is 24.1 Å². The molecule has 1 N–H and O–H groups in total. The number of benzene rings is 1. The van der Waals surface area contributed by atoms with Crippen molar-refractivity contribution >= 4 is 25.4 Å². The van der Waals surface area contributed by atoms with Gasteiger partial charge in [0.1, 0.15) is 17.0 Å². The molecule has 3 atom stereocenters. The van der Waals surface area contributed by atoms with Crippen molar-refractivity contribution in [2.45, 2.75) is 85.5 Å². The van der Waals surface area contributed by atoms with Gasteiger partial charge in [0, 0.05) is 12.0 Å². The number of amides is 1. The van der Waals surface area contributed by atoms with Gasteiger partial charge in [0.25, 0.3) is 0 Å². The van der Waals surface area contributed by atoms with Gasteiger partial charge in [-0.25, -0.2) is 0 Å². The lowest BCUT2D eigenvalue weighted by Gasteiger charge is -2.41. The molecule has 11 heteroatoms. The fraction of sp³-hybridized carbons (Fsp3) is 0.679. The summed E-state index contributed by atoms with van der Waals surface area (Å²) in [6.07, 6.45) is -1.16. The van der Waals surface area contributed by atoms with Gasteiger partial charge in [0.15, 0.2) is 6.10 Å². The number of rotatable bonds is 10. The van der Waals surface area contributed by atoms with Crippen LogP contribution in [0.15, 0.2) is 24.3 Å². The molecule has 1 aliphatic heterocycles. The summed E-state index contributed by atoms with van der Waals surface area (Å²) in [5, 5.41) is 2.63. The number of hydrogen-bond donors (Lipinski definition) is 1. The summed E-state index contributed by atoms with van der Waals surface area (Å²) in [6.45, 7) is 14.7. The zero-order valence-electron chi connectivity index (χ0n) is 24.6. The molecule has 2 rings (SSSR count). The first kappa shape index (κ1) is 32.8. The van der Waals surface area contributed by atoms with Crippen LogP contribution in [-0.4, -0.2) is 61.6 Å². The van der Waals surface area contributed by atoms with Crippen LogP contribution in [0.3, 0.4) is 0 Å². The molecule has 1 amide bonds. The Hall–Kier alpha value is -2.42. The summed E-state index contributed by atoms with van der Waals surface area (Å²) >= 11 is 0. The predicted molar refractivity (Wildman–Crippen MR) is 147 cm³/mol. The Balaban J connectivity index is 2.22. The summed E-state index contributed by atoms with van der Waals surface area (Å²) in [7, 11) is -2.62. The summed E-state index contributed by atoms with van der Waals surface area (Å²) in [5.74, 6) is -1.69. The molecule has 0 saturated carbocycles. The SMILES string of the molecule is COC(=O)CCNC(=O)[C@@H]1OP(=O)(C[C@@H](Cc2ccc(OC(C)(C)C)cc2)C(=O)OC(C)(C)C)OCC1(C)C. The van der Waals surface area contributed by atoms with Crippen LogP contribution in [0, 0.1) is 11.3 Å². The fourth-order valence-corrected chi connectivity index (χ4v) is 6.17. The van der Waals surface area contributed by atoms with Crippen LogP contribution in [0.5, 0.6) is 5.75 Å². The molecule has 0 spiro atoms. The third kappa shape index (κ3) is 10.9. The van der Waals surface area contributed by atoms with Crippen molar-refractivity contribution in [3.05, 3.63) is 29.8 Å². The largest absolute Gasteiger partial charge is 0.488 e. The second kappa shape index (κ2) is 12.8. The number of ether oxygens (including phenoxy) is 3. The number of nitrogens with one attached hydrogen (secondary N) is 1. The van der Waals surface area contributed by atoms with Gasteiger partial charge in [-0.3, -0.25) is 23.5 Å². The second-order valence-electron chi connectivity index (χ2n) is 12.5. The molecule has 0 bridgehead atoms. The highest BCUT2D eigenvalue weighted by molar-refractivity contribution is 7.54. The molecule has 1 unspecified atom stereocenters. The molecule has 1 heterocycles. The van der Waals surface area contributed by atoms with Crippen molar-refractivity contribution in [2.24, 2.45) is 11.3 Å². The molecule has 1 aromatic rings. The van der Waals surface area contributed by atoms with E-state index in [-0.39, 0.29) is 37.8 Å². The molecule has 1 fully saturated rings. The van der Waals surface area contributed by atoms with Gasteiger partial charge in [-0.1, -0.05) is 26.0 Å². The number of esters is 2. The van der Waals surface area contributed by atoms with Gasteiger partial charge in [0.05, 0.1) is 32.2 Å². The smallest absolute Gasteiger partial charge is 0.332 e. The summed E-state index contributed by atoms with van der Waals surface area (Å²) in [4.78, 5) is 37.5. The highest BCUT2D eigenvalue weighted by Gasteiger charge is 2.49. The molecule has 0 aliphatic carbocycles. The van der Waals surface area contributed by atoms with Gasteiger partial charge in [-0.2, -0.15) is 0 Å². The zero-order valence-corrected chi connectivity index (χ0v) is 25.5. The first-order valence-corrected chi connectivity index (χ1v) is 14.8. The Kier molecular flexibility index (Phi) is 10.8. The Morgan fingerprint density at radius 2 is 1.69 bits per heavy atom. The predicted octanol–water partition coefficient (Wildman–Crippen LogP) is 4.68. The van der Waals surface area contributed by atoms with Crippen LogP contribution >= 0.6 is 7.60 Å². The first-order valence-electron chi connectivity index (χ1n) is 13.1. The van der Waals surface area contributed by atoms with Crippen molar-refractivity contribution in [1.29, 1.82) is 0 Å². The van der Waals surface area contributed by atoms with Gasteiger partial charge in [0.2, 0.25) is 5.91 Å². The molecule has 10 nitrogen and oxygen atoms in total. The maximum atomic E-state index is 13.8. The summed E-state index contributed by atoms with van der Waals surface area (Å²) in [5.41, 5.74) is -1.10. The van der Waals surface area contributed by atoms with Crippen LogP contribution in [0.25, 0.3) is 0 Å². The van der Waals surface area contributed by atoms with Crippen molar-refractivity contribution < 1.29 is 42.2 Å². The van der Waals surface area contributed by atoms with Crippen molar-refractivity contribution in [3.8, 4) is 5.75 Å². The Morgan fingerprint density at radius 3 is 2.23 bits per heavy atom. The lowest BCUT2D eigenvalue weighted by molar-refractivity contribution is -0.159. The minimum Gasteiger partial charge on any atom is -0.488 e. The number of carbonyl (C=O) groups excluding carboxylic acids is 3. The minimum atomic E-state index is -3.89. The average molecular weight is 570 g/mol. The van der Waals surface area contributed by atoms with Crippen LogP contribution in [0.4, 0.5) is 0 Å². The van der Waals surface area contributed by atoms with E-state index in [9.17, 15) is 18.9 Å². The minimum absolute atomic E-state index is 0.0101. The molecule has 220 valence electrons. The van der Waals surface area contributed by atoms with E-state index in [2.05, 4.69) is 10.1 Å². The molecular formula is C28H44NO9P. The number of carbonyl (C=O) groups is 3. The molecular weight excluding hydrogens is 525 g/mol. The van der Waals surface area contributed by atoms with Gasteiger partial charge >= 0.3 is 19.5 Å². The average Bonchev–Trinajstić information content (AvgIpc) is 2.79. The highest BCUT2D eigenvalue weighted by atomic mass is 31.2. The van der Waals surface area contributed by atoms with Crippen LogP contribution in [0.1, 0.15) is 67.4 Å². The molecule has 39 heavy (non-hydrogen) atoms. The maximum absolute atomic E-state index is 13.8. The molecule has 1 saturated heterocycles. The van der Waals surface area contributed by atoms with E-state index < -0.39 is 48.5 Å². The van der Waals surface area contributed by atoms with E-state index in [1.807, 2.05) is 45.0 Å². The highest BCUT2D eigenvalue weighted by Crippen LogP contribution is 2.57. The monoisotopic (exact) mass is 569 g/mol. The maximum Gasteiger partial charge on any atom is 0.332 e. The third-order valence-corrected chi connectivity index (χ3v) is 7.66. The standard InChI is InChI=1S/C28H44NO9P/c1-26(2,3)36-21-12-10-19(11-13-21)16-20(25(32)37-27(4,5)6)17-39(33)35-18-28(7,8)23(38-39)24(31)29-15-14-22(30)34-9/h10-13,20,23H,14-18H2,1-9H3,(H,29,31)/t20-,23+,39?/m1/s1. The van der Waals surface area contributed by atoms with Crippen molar-refractivity contribution in [2.75, 3.05) is 26.4 Å². The van der Waals surface area contributed by atoms with Gasteiger partial charge in [-0.05, 0) is 65.7 Å². The molecule has 1 aromatic carbocycles. The van der Waals surface area contributed by atoms with E-state index in [0.717, 1.165) is 5.56 Å². The number of methoxy groups -OCH3 is 1. The Labute approximate surface area is 232 Å². The van der Waals surface area contributed by atoms with E-state index >= 15 is 0 Å². The lowest BCUT2D eigenvalue weighted by Crippen LogP contribution is -2.50. The van der Waals surface area contributed by atoms with Crippen molar-refractivity contribution in [3.63, 3.8) is 0 Å².